The summed E-state index contributed by atoms with van der Waals surface area (Å²) in [4.78, 5) is 27.8. The molecule has 10 heteroatoms. The average Bonchev–Trinajstić information content (AvgIpc) is 2.05. The number of hydrogen-bond acceptors (Lipinski definition) is 6. The second-order valence-corrected chi connectivity index (χ2v) is 2.89. The van der Waals surface area contributed by atoms with E-state index >= 15 is 0 Å². The molecule has 0 saturated carbocycles. The third-order valence-electron chi connectivity index (χ3n) is 1.11. The number of anilines is 1. The molecular weight excluding hydrogens is 264 g/mol. The first-order chi connectivity index (χ1) is 6.04. The Hall–Kier alpha value is 1.52. The average molecular weight is 282 g/mol. The van der Waals surface area contributed by atoms with E-state index in [1.54, 1.807) is 6.20 Å². The fourth-order valence-electron chi connectivity index (χ4n) is 0.618. The summed E-state index contributed by atoms with van der Waals surface area (Å²) in [6.45, 7) is 0. The van der Waals surface area contributed by atoms with Gasteiger partial charge in [0.25, 0.3) is 0 Å². The third-order valence-corrected chi connectivity index (χ3v) is 1.11. The molecule has 0 bridgehead atoms. The third kappa shape index (κ3) is 23.1. The van der Waals surface area contributed by atoms with Crippen molar-refractivity contribution in [2.24, 2.45) is 0 Å². The van der Waals surface area contributed by atoms with Crippen molar-refractivity contribution >= 4 is 22.8 Å². The van der Waals surface area contributed by atoms with E-state index in [2.05, 4.69) is 4.98 Å². The quantitative estimate of drug-likeness (QED) is 0.349. The Kier molecular flexibility index (Phi) is 36.3. The van der Waals surface area contributed by atoms with Gasteiger partial charge < -0.3 is 25.1 Å². The van der Waals surface area contributed by atoms with Crippen LogP contribution in [0.25, 0.3) is 0 Å². The van der Waals surface area contributed by atoms with E-state index in [4.69, 9.17) is 14.7 Å². The van der Waals surface area contributed by atoms with Crippen LogP contribution in [0.4, 0.5) is 5.82 Å². The summed E-state index contributed by atoms with van der Waals surface area (Å²) in [7, 11) is 1.33. The number of nitrogens with zero attached hydrogens (tertiary/aromatic N) is 2. The van der Waals surface area contributed by atoms with Crippen LogP contribution in [0, 0.1) is 0 Å². The molecule has 0 aliphatic heterocycles. The molecule has 90 valence electrons. The van der Waals surface area contributed by atoms with Crippen LogP contribution in [0.1, 0.15) is 0 Å². The van der Waals surface area contributed by atoms with E-state index in [1.807, 2.05) is 37.2 Å². The molecule has 0 atom stereocenters. The van der Waals surface area contributed by atoms with Gasteiger partial charge in [0.05, 0.1) is 0 Å². The standard InChI is InChI=1S/C7H10N2.BH4.K.Li.H3O3P.H2O/c1-9(2)7-5-3-4-6-8-7;;;;1-4(2)3;/h3-6H,1-2H3;1H4;;;1-3H;1H2/q;-1;2*+1;;/p-1. The molecule has 17 heavy (non-hydrogen) atoms. The summed E-state index contributed by atoms with van der Waals surface area (Å²) in [5.74, 6) is 0.998. The van der Waals surface area contributed by atoms with Gasteiger partial charge in [-0.2, -0.15) is 0 Å². The second kappa shape index (κ2) is 19.8. The van der Waals surface area contributed by atoms with Crippen molar-refractivity contribution in [2.75, 3.05) is 19.0 Å². The molecule has 0 fully saturated rings. The van der Waals surface area contributed by atoms with Crippen molar-refractivity contribution < 1.29 is 90.4 Å². The van der Waals surface area contributed by atoms with Crippen LogP contribution in [-0.2, 0) is 0 Å². The molecule has 0 amide bonds. The Morgan fingerprint density at radius 2 is 1.59 bits per heavy atom. The summed E-state index contributed by atoms with van der Waals surface area (Å²) in [6, 6.07) is 5.86. The predicted molar refractivity (Wildman–Crippen MR) is 65.4 cm³/mol. The second-order valence-electron chi connectivity index (χ2n) is 2.35. The van der Waals surface area contributed by atoms with Crippen LogP contribution >= 0.6 is 8.60 Å². The number of rotatable bonds is 1. The zero-order valence-electron chi connectivity index (χ0n) is 9.94. The Morgan fingerprint density at radius 1 is 1.18 bits per heavy atom. The molecule has 0 aromatic carbocycles. The van der Waals surface area contributed by atoms with Gasteiger partial charge in [-0.15, -0.1) is 0 Å². The van der Waals surface area contributed by atoms with Crippen molar-refractivity contribution in [1.82, 2.24) is 4.98 Å². The molecule has 1 aromatic rings. The predicted octanol–water partition coefficient (Wildman–Crippen LogP) is -7.28. The maximum Gasteiger partial charge on any atom is 1.00 e. The Morgan fingerprint density at radius 3 is 1.76 bits per heavy atom. The van der Waals surface area contributed by atoms with Gasteiger partial charge >= 0.3 is 78.8 Å². The van der Waals surface area contributed by atoms with E-state index in [-0.39, 0.29) is 84.1 Å². The Labute approximate surface area is 159 Å². The first kappa shape index (κ1) is 31.1. The minimum absolute atomic E-state index is 0. The molecule has 0 spiro atoms. The van der Waals surface area contributed by atoms with E-state index in [9.17, 15) is 0 Å². The van der Waals surface area contributed by atoms with Crippen LogP contribution in [0.3, 0.4) is 0 Å². The van der Waals surface area contributed by atoms with Gasteiger partial charge in [-0.25, -0.2) is 4.98 Å². The van der Waals surface area contributed by atoms with Crippen molar-refractivity contribution in [3.05, 3.63) is 24.4 Å². The van der Waals surface area contributed by atoms with E-state index in [1.165, 1.54) is 0 Å². The van der Waals surface area contributed by atoms with Crippen LogP contribution in [0.5, 0.6) is 0 Å². The molecule has 6 nitrogen and oxygen atoms in total. The molecule has 0 unspecified atom stereocenters. The normalized spacial score (nSPS) is 6.94. The fourth-order valence-corrected chi connectivity index (χ4v) is 0.618. The first-order valence-corrected chi connectivity index (χ1v) is 4.69. The van der Waals surface area contributed by atoms with E-state index < -0.39 is 8.60 Å². The van der Waals surface area contributed by atoms with Crippen molar-refractivity contribution in [3.63, 3.8) is 0 Å². The van der Waals surface area contributed by atoms with Crippen LogP contribution in [0.15, 0.2) is 24.4 Å². The molecule has 1 heterocycles. The maximum absolute atomic E-state index is 7.23. The fraction of sp³-hybridized carbons (Fsp3) is 0.286. The van der Waals surface area contributed by atoms with Gasteiger partial charge in [0.2, 0.25) is 0 Å². The summed E-state index contributed by atoms with van der Waals surface area (Å²) >= 11 is 0. The molecule has 1 aromatic heterocycles. The zero-order valence-corrected chi connectivity index (χ0v) is 14.0. The largest absolute Gasteiger partial charge is 1.00 e. The monoisotopic (exact) mass is 282 g/mol. The van der Waals surface area contributed by atoms with Crippen LogP contribution in [-0.4, -0.2) is 47.6 Å². The van der Waals surface area contributed by atoms with Crippen LogP contribution in [0.2, 0.25) is 0 Å². The zero-order chi connectivity index (χ0) is 10.3. The minimum atomic E-state index is -2.62. The number of pyridine rings is 1. The molecule has 0 aliphatic rings. The molecule has 0 radical (unpaired) electrons. The number of aromatic nitrogens is 1. The maximum atomic E-state index is 7.23. The molecular formula is C7H18BKLiN2O4P. The van der Waals surface area contributed by atoms with Crippen molar-refractivity contribution in [1.29, 1.82) is 0 Å². The SMILES string of the molecule is CN(C)c1ccccn1.OP(O)O.[BH4-].[K+].[Li+].[OH-]. The first-order valence-electron chi connectivity index (χ1n) is 3.49. The molecule has 0 aliphatic carbocycles. The van der Waals surface area contributed by atoms with Crippen molar-refractivity contribution in [2.45, 2.75) is 0 Å². The Bertz CT molecular complexity index is 234. The van der Waals surface area contributed by atoms with Gasteiger partial charge in [-0.05, 0) is 12.1 Å². The molecule has 0 saturated heterocycles. The van der Waals surface area contributed by atoms with Gasteiger partial charge in [-0.1, -0.05) is 14.5 Å². The van der Waals surface area contributed by atoms with Gasteiger partial charge in [-0.3, -0.25) is 0 Å². The summed E-state index contributed by atoms with van der Waals surface area (Å²) in [6.07, 6.45) is 1.79. The smallest absolute Gasteiger partial charge is 0.870 e. The summed E-state index contributed by atoms with van der Waals surface area (Å²) < 4.78 is 0. The van der Waals surface area contributed by atoms with Gasteiger partial charge in [0.1, 0.15) is 5.82 Å². The number of hydrogen-bond donors (Lipinski definition) is 3. The van der Waals surface area contributed by atoms with Gasteiger partial charge in [0, 0.05) is 20.3 Å². The van der Waals surface area contributed by atoms with Crippen LogP contribution < -0.4 is 75.1 Å². The van der Waals surface area contributed by atoms with E-state index in [0.29, 0.717) is 0 Å². The summed E-state index contributed by atoms with van der Waals surface area (Å²) in [5, 5.41) is 0. The van der Waals surface area contributed by atoms with Gasteiger partial charge in [0.15, 0.2) is 0 Å². The topological polar surface area (TPSA) is 107 Å². The Balaban J connectivity index is -0.0000000542. The summed E-state index contributed by atoms with van der Waals surface area (Å²) in [5.41, 5.74) is 0. The molecule has 1 rings (SSSR count). The van der Waals surface area contributed by atoms with E-state index in [0.717, 1.165) is 5.82 Å². The molecule has 4 N–H and O–H groups in total. The van der Waals surface area contributed by atoms with Crippen molar-refractivity contribution in [3.8, 4) is 0 Å². The minimum Gasteiger partial charge on any atom is -0.870 e.